The SMILES string of the molecule is CCc1cnc2cc(CCCN)ccc2n1. The smallest absolute Gasteiger partial charge is 0.0890 e. The number of hydrogen-bond donors (Lipinski definition) is 1. The minimum atomic E-state index is 0.735. The topological polar surface area (TPSA) is 51.8 Å². The highest BCUT2D eigenvalue weighted by atomic mass is 14.8. The molecule has 3 heteroatoms. The van der Waals surface area contributed by atoms with Crippen LogP contribution >= 0.6 is 0 Å². The summed E-state index contributed by atoms with van der Waals surface area (Å²) in [5.74, 6) is 0. The highest BCUT2D eigenvalue weighted by molar-refractivity contribution is 5.74. The molecule has 84 valence electrons. The van der Waals surface area contributed by atoms with E-state index in [2.05, 4.69) is 29.0 Å². The second-order valence-corrected chi connectivity index (χ2v) is 3.93. The number of aryl methyl sites for hydroxylation is 2. The van der Waals surface area contributed by atoms with E-state index in [0.29, 0.717) is 0 Å². The molecule has 0 radical (unpaired) electrons. The molecule has 0 bridgehead atoms. The monoisotopic (exact) mass is 215 g/mol. The third-order valence-corrected chi connectivity index (χ3v) is 2.69. The largest absolute Gasteiger partial charge is 0.330 e. The van der Waals surface area contributed by atoms with E-state index < -0.39 is 0 Å². The molecule has 0 aliphatic heterocycles. The van der Waals surface area contributed by atoms with Gasteiger partial charge in [0.05, 0.1) is 16.7 Å². The van der Waals surface area contributed by atoms with Crippen molar-refractivity contribution in [3.05, 3.63) is 35.7 Å². The Balaban J connectivity index is 2.32. The lowest BCUT2D eigenvalue weighted by Crippen LogP contribution is -2.00. The summed E-state index contributed by atoms with van der Waals surface area (Å²) < 4.78 is 0. The summed E-state index contributed by atoms with van der Waals surface area (Å²) in [5, 5.41) is 0. The molecule has 3 nitrogen and oxygen atoms in total. The Morgan fingerprint density at radius 3 is 2.88 bits per heavy atom. The van der Waals surface area contributed by atoms with Crippen molar-refractivity contribution in [2.24, 2.45) is 5.73 Å². The summed E-state index contributed by atoms with van der Waals surface area (Å²) in [5.41, 5.74) is 9.79. The Labute approximate surface area is 95.7 Å². The van der Waals surface area contributed by atoms with E-state index in [9.17, 15) is 0 Å². The first-order chi connectivity index (χ1) is 7.83. The third kappa shape index (κ3) is 2.36. The second kappa shape index (κ2) is 5.03. The van der Waals surface area contributed by atoms with Crippen molar-refractivity contribution in [1.82, 2.24) is 9.97 Å². The zero-order valence-electron chi connectivity index (χ0n) is 9.61. The van der Waals surface area contributed by atoms with Gasteiger partial charge in [0, 0.05) is 6.20 Å². The van der Waals surface area contributed by atoms with Crippen LogP contribution < -0.4 is 5.73 Å². The predicted octanol–water partition coefficient (Wildman–Crippen LogP) is 2.08. The summed E-state index contributed by atoms with van der Waals surface area (Å²) in [4.78, 5) is 8.95. The molecule has 2 N–H and O–H groups in total. The van der Waals surface area contributed by atoms with Crippen LogP contribution in [-0.2, 0) is 12.8 Å². The Morgan fingerprint density at radius 2 is 2.12 bits per heavy atom. The van der Waals surface area contributed by atoms with Gasteiger partial charge in [-0.1, -0.05) is 13.0 Å². The zero-order valence-corrected chi connectivity index (χ0v) is 9.61. The molecule has 2 rings (SSSR count). The maximum Gasteiger partial charge on any atom is 0.0890 e. The first-order valence-electron chi connectivity index (χ1n) is 5.78. The van der Waals surface area contributed by atoms with Gasteiger partial charge in [-0.05, 0) is 43.5 Å². The average molecular weight is 215 g/mol. The van der Waals surface area contributed by atoms with E-state index >= 15 is 0 Å². The Morgan fingerprint density at radius 1 is 1.25 bits per heavy atom. The molecular weight excluding hydrogens is 198 g/mol. The van der Waals surface area contributed by atoms with Gasteiger partial charge in [-0.3, -0.25) is 4.98 Å². The number of hydrogen-bond acceptors (Lipinski definition) is 3. The molecule has 2 aromatic rings. The van der Waals surface area contributed by atoms with Crippen molar-refractivity contribution in [3.63, 3.8) is 0 Å². The van der Waals surface area contributed by atoms with Crippen LogP contribution in [0.25, 0.3) is 11.0 Å². The van der Waals surface area contributed by atoms with Gasteiger partial charge in [0.15, 0.2) is 0 Å². The van der Waals surface area contributed by atoms with Crippen LogP contribution in [0, 0.1) is 0 Å². The van der Waals surface area contributed by atoms with Crippen LogP contribution in [0.15, 0.2) is 24.4 Å². The Hall–Kier alpha value is -1.48. The molecular formula is C13H17N3. The first kappa shape index (κ1) is 11.0. The van der Waals surface area contributed by atoms with Gasteiger partial charge in [-0.15, -0.1) is 0 Å². The quantitative estimate of drug-likeness (QED) is 0.849. The van der Waals surface area contributed by atoms with E-state index in [0.717, 1.165) is 42.5 Å². The Kier molecular flexibility index (Phi) is 3.47. The fourth-order valence-corrected chi connectivity index (χ4v) is 1.73. The van der Waals surface area contributed by atoms with Crippen molar-refractivity contribution < 1.29 is 0 Å². The average Bonchev–Trinajstić information content (AvgIpc) is 2.35. The van der Waals surface area contributed by atoms with Crippen LogP contribution in [0.3, 0.4) is 0 Å². The predicted molar refractivity (Wildman–Crippen MR) is 66.3 cm³/mol. The zero-order chi connectivity index (χ0) is 11.4. The molecule has 0 spiro atoms. The van der Waals surface area contributed by atoms with Crippen LogP contribution in [0.4, 0.5) is 0 Å². The summed E-state index contributed by atoms with van der Waals surface area (Å²) in [6.45, 7) is 2.82. The molecule has 0 amide bonds. The van der Waals surface area contributed by atoms with Crippen molar-refractivity contribution in [1.29, 1.82) is 0 Å². The minimum absolute atomic E-state index is 0.735. The normalized spacial score (nSPS) is 10.9. The molecule has 0 saturated carbocycles. The molecule has 1 aromatic heterocycles. The lowest BCUT2D eigenvalue weighted by molar-refractivity contribution is 0.833. The maximum absolute atomic E-state index is 5.50. The van der Waals surface area contributed by atoms with Gasteiger partial charge < -0.3 is 5.73 Å². The van der Waals surface area contributed by atoms with Gasteiger partial charge in [0.2, 0.25) is 0 Å². The van der Waals surface area contributed by atoms with E-state index in [1.807, 2.05) is 12.3 Å². The fourth-order valence-electron chi connectivity index (χ4n) is 1.73. The molecule has 0 aliphatic carbocycles. The summed E-state index contributed by atoms with van der Waals surface area (Å²) in [7, 11) is 0. The van der Waals surface area contributed by atoms with Gasteiger partial charge in [0.25, 0.3) is 0 Å². The van der Waals surface area contributed by atoms with E-state index in [4.69, 9.17) is 5.73 Å². The van der Waals surface area contributed by atoms with Crippen molar-refractivity contribution in [3.8, 4) is 0 Å². The van der Waals surface area contributed by atoms with Gasteiger partial charge >= 0.3 is 0 Å². The fraction of sp³-hybridized carbons (Fsp3) is 0.385. The molecule has 0 saturated heterocycles. The van der Waals surface area contributed by atoms with Gasteiger partial charge in [-0.2, -0.15) is 0 Å². The van der Waals surface area contributed by atoms with Gasteiger partial charge in [-0.25, -0.2) is 4.98 Å². The molecule has 0 unspecified atom stereocenters. The van der Waals surface area contributed by atoms with Crippen molar-refractivity contribution in [2.45, 2.75) is 26.2 Å². The standard InChI is InChI=1S/C13H17N3/c1-2-11-9-15-13-8-10(4-3-7-14)5-6-12(13)16-11/h5-6,8-9H,2-4,7,14H2,1H3. The van der Waals surface area contributed by atoms with Crippen LogP contribution in [0.2, 0.25) is 0 Å². The van der Waals surface area contributed by atoms with E-state index in [1.54, 1.807) is 0 Å². The number of benzene rings is 1. The lowest BCUT2D eigenvalue weighted by atomic mass is 10.1. The lowest BCUT2D eigenvalue weighted by Gasteiger charge is -2.03. The van der Waals surface area contributed by atoms with E-state index in [-0.39, 0.29) is 0 Å². The summed E-state index contributed by atoms with van der Waals surface area (Å²) in [6, 6.07) is 6.27. The molecule has 0 fully saturated rings. The summed E-state index contributed by atoms with van der Waals surface area (Å²) in [6.07, 6.45) is 4.82. The van der Waals surface area contributed by atoms with Crippen LogP contribution in [0.1, 0.15) is 24.6 Å². The number of rotatable bonds is 4. The summed E-state index contributed by atoms with van der Waals surface area (Å²) >= 11 is 0. The Bertz CT molecular complexity index is 480. The molecule has 1 heterocycles. The van der Waals surface area contributed by atoms with E-state index in [1.165, 1.54) is 5.56 Å². The van der Waals surface area contributed by atoms with Crippen LogP contribution in [-0.4, -0.2) is 16.5 Å². The number of aromatic nitrogens is 2. The molecule has 1 aromatic carbocycles. The molecule has 16 heavy (non-hydrogen) atoms. The van der Waals surface area contributed by atoms with Crippen molar-refractivity contribution in [2.75, 3.05) is 6.54 Å². The third-order valence-electron chi connectivity index (χ3n) is 2.69. The highest BCUT2D eigenvalue weighted by Gasteiger charge is 2.00. The number of fused-ring (bicyclic) bond motifs is 1. The maximum atomic E-state index is 5.50. The molecule has 0 aliphatic rings. The second-order valence-electron chi connectivity index (χ2n) is 3.93. The van der Waals surface area contributed by atoms with Crippen molar-refractivity contribution >= 4 is 11.0 Å². The van der Waals surface area contributed by atoms with Gasteiger partial charge in [0.1, 0.15) is 0 Å². The molecule has 0 atom stereocenters. The number of nitrogens with zero attached hydrogens (tertiary/aromatic N) is 2. The highest BCUT2D eigenvalue weighted by Crippen LogP contribution is 2.13. The minimum Gasteiger partial charge on any atom is -0.330 e. The number of nitrogens with two attached hydrogens (primary N) is 1. The van der Waals surface area contributed by atoms with Crippen LogP contribution in [0.5, 0.6) is 0 Å². The first-order valence-corrected chi connectivity index (χ1v) is 5.78.